The van der Waals surface area contributed by atoms with E-state index in [1.807, 2.05) is 0 Å². The highest BCUT2D eigenvalue weighted by molar-refractivity contribution is 9.09. The predicted octanol–water partition coefficient (Wildman–Crippen LogP) is 3.51. The van der Waals surface area contributed by atoms with E-state index in [0.717, 1.165) is 12.8 Å². The maximum Gasteiger partial charge on any atom is 0.254 e. The van der Waals surface area contributed by atoms with Crippen molar-refractivity contribution >= 4 is 21.8 Å². The van der Waals surface area contributed by atoms with E-state index >= 15 is 0 Å². The van der Waals surface area contributed by atoms with Crippen molar-refractivity contribution in [3.05, 3.63) is 35.6 Å². The first-order valence-corrected chi connectivity index (χ1v) is 7.27. The van der Waals surface area contributed by atoms with Crippen molar-refractivity contribution in [2.75, 3.05) is 6.54 Å². The second-order valence-corrected chi connectivity index (χ2v) is 5.93. The molecule has 1 fully saturated rings. The fourth-order valence-corrected chi connectivity index (χ4v) is 3.13. The van der Waals surface area contributed by atoms with Crippen LogP contribution < -0.4 is 5.32 Å². The molecule has 98 valence electrons. The van der Waals surface area contributed by atoms with Gasteiger partial charge in [0.1, 0.15) is 5.82 Å². The molecule has 0 heterocycles. The Morgan fingerprint density at radius 2 is 2.06 bits per heavy atom. The van der Waals surface area contributed by atoms with Crippen molar-refractivity contribution in [2.24, 2.45) is 5.92 Å². The SMILES string of the molecule is O=C(NCC1CCCCC1Br)c1ccccc1F. The molecular weight excluding hydrogens is 297 g/mol. The largest absolute Gasteiger partial charge is 0.352 e. The minimum absolute atomic E-state index is 0.124. The maximum atomic E-state index is 13.4. The zero-order valence-corrected chi connectivity index (χ0v) is 11.7. The quantitative estimate of drug-likeness (QED) is 0.850. The number of rotatable bonds is 3. The van der Waals surface area contributed by atoms with Gasteiger partial charge in [0.05, 0.1) is 5.56 Å². The van der Waals surface area contributed by atoms with Crippen LogP contribution in [0.15, 0.2) is 24.3 Å². The summed E-state index contributed by atoms with van der Waals surface area (Å²) in [6.07, 6.45) is 4.73. The standard InChI is InChI=1S/C14H17BrFNO/c15-12-7-3-1-5-10(12)9-17-14(18)11-6-2-4-8-13(11)16/h2,4,6,8,10,12H,1,3,5,7,9H2,(H,17,18). The molecule has 1 aliphatic rings. The Bertz CT molecular complexity index is 424. The fraction of sp³-hybridized carbons (Fsp3) is 0.500. The lowest BCUT2D eigenvalue weighted by molar-refractivity contribution is 0.0940. The number of hydrogen-bond donors (Lipinski definition) is 1. The van der Waals surface area contributed by atoms with Crippen molar-refractivity contribution in [3.63, 3.8) is 0 Å². The molecule has 0 spiro atoms. The lowest BCUT2D eigenvalue weighted by Crippen LogP contribution is -2.34. The molecule has 1 aromatic rings. The Morgan fingerprint density at radius 3 is 2.78 bits per heavy atom. The Morgan fingerprint density at radius 1 is 1.33 bits per heavy atom. The molecule has 2 unspecified atom stereocenters. The van der Waals surface area contributed by atoms with E-state index in [1.54, 1.807) is 12.1 Å². The summed E-state index contributed by atoms with van der Waals surface area (Å²) in [5.41, 5.74) is 0.124. The molecular formula is C14H17BrFNO. The van der Waals surface area contributed by atoms with Gasteiger partial charge in [0.25, 0.3) is 5.91 Å². The van der Waals surface area contributed by atoms with Gasteiger partial charge >= 0.3 is 0 Å². The molecule has 1 amide bonds. The molecule has 1 N–H and O–H groups in total. The Kier molecular flexibility index (Phi) is 4.75. The summed E-state index contributed by atoms with van der Waals surface area (Å²) >= 11 is 3.65. The molecule has 1 saturated carbocycles. The summed E-state index contributed by atoms with van der Waals surface area (Å²) in [5, 5.41) is 2.83. The summed E-state index contributed by atoms with van der Waals surface area (Å²) in [7, 11) is 0. The normalized spacial score (nSPS) is 23.7. The smallest absolute Gasteiger partial charge is 0.254 e. The van der Waals surface area contributed by atoms with E-state index < -0.39 is 5.82 Å². The van der Waals surface area contributed by atoms with Gasteiger partial charge < -0.3 is 5.32 Å². The Hall–Kier alpha value is -0.900. The van der Waals surface area contributed by atoms with E-state index in [-0.39, 0.29) is 11.5 Å². The number of carbonyl (C=O) groups excluding carboxylic acids is 1. The van der Waals surface area contributed by atoms with Crippen LogP contribution in [0.3, 0.4) is 0 Å². The molecule has 18 heavy (non-hydrogen) atoms. The van der Waals surface area contributed by atoms with E-state index in [1.165, 1.54) is 25.0 Å². The monoisotopic (exact) mass is 313 g/mol. The molecule has 2 atom stereocenters. The molecule has 0 saturated heterocycles. The van der Waals surface area contributed by atoms with Crippen LogP contribution in [0.5, 0.6) is 0 Å². The van der Waals surface area contributed by atoms with Gasteiger partial charge in [-0.05, 0) is 30.9 Å². The number of halogens is 2. The topological polar surface area (TPSA) is 29.1 Å². The summed E-state index contributed by atoms with van der Waals surface area (Å²) in [6, 6.07) is 6.08. The lowest BCUT2D eigenvalue weighted by atomic mass is 9.89. The number of alkyl halides is 1. The zero-order chi connectivity index (χ0) is 13.0. The van der Waals surface area contributed by atoms with Crippen LogP contribution in [0, 0.1) is 11.7 Å². The van der Waals surface area contributed by atoms with E-state index in [0.29, 0.717) is 17.3 Å². The average Bonchev–Trinajstić information content (AvgIpc) is 2.38. The summed E-state index contributed by atoms with van der Waals surface area (Å²) < 4.78 is 13.4. The Balaban J connectivity index is 1.90. The predicted molar refractivity (Wildman–Crippen MR) is 73.4 cm³/mol. The van der Waals surface area contributed by atoms with Crippen LogP contribution >= 0.6 is 15.9 Å². The van der Waals surface area contributed by atoms with Crippen molar-refractivity contribution < 1.29 is 9.18 Å². The second-order valence-electron chi connectivity index (χ2n) is 4.75. The first kappa shape index (κ1) is 13.5. The molecule has 4 heteroatoms. The highest BCUT2D eigenvalue weighted by Crippen LogP contribution is 2.29. The third-order valence-corrected chi connectivity index (χ3v) is 4.67. The lowest BCUT2D eigenvalue weighted by Gasteiger charge is -2.27. The van der Waals surface area contributed by atoms with Crippen molar-refractivity contribution in [3.8, 4) is 0 Å². The minimum Gasteiger partial charge on any atom is -0.352 e. The fourth-order valence-electron chi connectivity index (χ4n) is 2.36. The highest BCUT2D eigenvalue weighted by Gasteiger charge is 2.23. The molecule has 0 radical (unpaired) electrons. The van der Waals surface area contributed by atoms with Crippen LogP contribution in [0.2, 0.25) is 0 Å². The van der Waals surface area contributed by atoms with Crippen molar-refractivity contribution in [2.45, 2.75) is 30.5 Å². The van der Waals surface area contributed by atoms with Crippen LogP contribution in [0.25, 0.3) is 0 Å². The van der Waals surface area contributed by atoms with Crippen LogP contribution in [0.1, 0.15) is 36.0 Å². The van der Waals surface area contributed by atoms with Gasteiger partial charge in [-0.25, -0.2) is 4.39 Å². The summed E-state index contributed by atoms with van der Waals surface area (Å²) in [4.78, 5) is 12.3. The molecule has 2 nitrogen and oxygen atoms in total. The highest BCUT2D eigenvalue weighted by atomic mass is 79.9. The van der Waals surface area contributed by atoms with E-state index in [4.69, 9.17) is 0 Å². The van der Waals surface area contributed by atoms with Gasteiger partial charge in [-0.2, -0.15) is 0 Å². The molecule has 0 aliphatic heterocycles. The number of carbonyl (C=O) groups is 1. The van der Waals surface area contributed by atoms with Gasteiger partial charge in [0, 0.05) is 11.4 Å². The second kappa shape index (κ2) is 6.32. The third kappa shape index (κ3) is 3.31. The molecule has 1 aliphatic carbocycles. The van der Waals surface area contributed by atoms with E-state index in [9.17, 15) is 9.18 Å². The van der Waals surface area contributed by atoms with Crippen LogP contribution in [-0.2, 0) is 0 Å². The minimum atomic E-state index is -0.464. The number of benzene rings is 1. The number of nitrogens with one attached hydrogen (secondary N) is 1. The van der Waals surface area contributed by atoms with Crippen LogP contribution in [0.4, 0.5) is 4.39 Å². The summed E-state index contributed by atoms with van der Waals surface area (Å²) in [5.74, 6) is -0.332. The van der Waals surface area contributed by atoms with Gasteiger partial charge in [-0.1, -0.05) is 40.9 Å². The van der Waals surface area contributed by atoms with Crippen LogP contribution in [-0.4, -0.2) is 17.3 Å². The molecule has 0 bridgehead atoms. The van der Waals surface area contributed by atoms with Gasteiger partial charge in [-0.15, -0.1) is 0 Å². The maximum absolute atomic E-state index is 13.4. The Labute approximate surface area is 115 Å². The van der Waals surface area contributed by atoms with Gasteiger partial charge in [0.2, 0.25) is 0 Å². The molecule has 1 aromatic carbocycles. The first-order chi connectivity index (χ1) is 8.68. The third-order valence-electron chi connectivity index (χ3n) is 3.46. The first-order valence-electron chi connectivity index (χ1n) is 6.35. The number of amides is 1. The van der Waals surface area contributed by atoms with Gasteiger partial charge in [0.15, 0.2) is 0 Å². The molecule has 2 rings (SSSR count). The van der Waals surface area contributed by atoms with Gasteiger partial charge in [-0.3, -0.25) is 4.79 Å². The average molecular weight is 314 g/mol. The number of hydrogen-bond acceptors (Lipinski definition) is 1. The summed E-state index contributed by atoms with van der Waals surface area (Å²) in [6.45, 7) is 0.614. The molecule has 0 aromatic heterocycles. The van der Waals surface area contributed by atoms with E-state index in [2.05, 4.69) is 21.2 Å². The van der Waals surface area contributed by atoms with Crippen molar-refractivity contribution in [1.29, 1.82) is 0 Å². The zero-order valence-electron chi connectivity index (χ0n) is 10.2. The van der Waals surface area contributed by atoms with Crippen molar-refractivity contribution in [1.82, 2.24) is 5.32 Å².